The topological polar surface area (TPSA) is 88.3 Å². The van der Waals surface area contributed by atoms with Crippen LogP contribution in [-0.2, 0) is 16.1 Å². The van der Waals surface area contributed by atoms with Crippen molar-refractivity contribution in [2.24, 2.45) is 5.41 Å². The Balaban J connectivity index is 2.16. The van der Waals surface area contributed by atoms with E-state index in [0.29, 0.717) is 6.54 Å². The van der Waals surface area contributed by atoms with Gasteiger partial charge in [-0.3, -0.25) is 4.79 Å². The molecule has 1 atom stereocenters. The lowest BCUT2D eigenvalue weighted by molar-refractivity contribution is -0.159. The van der Waals surface area contributed by atoms with Crippen molar-refractivity contribution >= 4 is 11.9 Å². The van der Waals surface area contributed by atoms with E-state index in [1.54, 1.807) is 0 Å². The summed E-state index contributed by atoms with van der Waals surface area (Å²) in [4.78, 5) is 28.9. The van der Waals surface area contributed by atoms with E-state index in [0.717, 1.165) is 12.8 Å². The summed E-state index contributed by atoms with van der Waals surface area (Å²) >= 11 is 0. The fraction of sp³-hybridized carbons (Fsp3) is 0.667. The number of hydrogen-bond acceptors (Lipinski definition) is 4. The fourth-order valence-corrected chi connectivity index (χ4v) is 2.67. The number of carbonyl (C=O) groups is 2. The summed E-state index contributed by atoms with van der Waals surface area (Å²) in [6.07, 6.45) is 4.42. The van der Waals surface area contributed by atoms with Gasteiger partial charge in [-0.25, -0.2) is 14.5 Å². The van der Waals surface area contributed by atoms with Crippen molar-refractivity contribution in [1.29, 1.82) is 0 Å². The van der Waals surface area contributed by atoms with Crippen LogP contribution >= 0.6 is 0 Å². The average Bonchev–Trinajstić information content (AvgIpc) is 2.79. The SMILES string of the molecule is CC1(C)CCCN(C(=O)Cn2cncn2)C1C(=O)O. The second-order valence-electron chi connectivity index (χ2n) is 5.51. The predicted octanol–water partition coefficient (Wildman–Crippen LogP) is 0.380. The van der Waals surface area contributed by atoms with Crippen LogP contribution in [-0.4, -0.2) is 49.2 Å². The summed E-state index contributed by atoms with van der Waals surface area (Å²) in [7, 11) is 0. The van der Waals surface area contributed by atoms with E-state index < -0.39 is 17.4 Å². The molecule has 1 amide bonds. The number of amides is 1. The highest BCUT2D eigenvalue weighted by atomic mass is 16.4. The van der Waals surface area contributed by atoms with Gasteiger partial charge in [0.05, 0.1) is 0 Å². The third-order valence-electron chi connectivity index (χ3n) is 3.59. The van der Waals surface area contributed by atoms with Crippen molar-refractivity contribution in [2.45, 2.75) is 39.3 Å². The van der Waals surface area contributed by atoms with E-state index >= 15 is 0 Å². The molecule has 1 aromatic rings. The zero-order valence-electron chi connectivity index (χ0n) is 11.1. The van der Waals surface area contributed by atoms with E-state index in [-0.39, 0.29) is 12.5 Å². The van der Waals surface area contributed by atoms with Crippen molar-refractivity contribution in [1.82, 2.24) is 19.7 Å². The van der Waals surface area contributed by atoms with Crippen LogP contribution in [0.5, 0.6) is 0 Å². The minimum absolute atomic E-state index is 0.0276. The summed E-state index contributed by atoms with van der Waals surface area (Å²) < 4.78 is 1.41. The summed E-state index contributed by atoms with van der Waals surface area (Å²) in [5, 5.41) is 13.3. The van der Waals surface area contributed by atoms with Crippen molar-refractivity contribution in [2.75, 3.05) is 6.54 Å². The number of aliphatic carboxylic acids is 1. The Hall–Kier alpha value is -1.92. The molecule has 2 rings (SSSR count). The number of likely N-dealkylation sites (tertiary alicyclic amines) is 1. The smallest absolute Gasteiger partial charge is 0.326 e. The standard InChI is InChI=1S/C12H18N4O3/c1-12(2)4-3-5-16(10(12)11(18)19)9(17)6-15-8-13-7-14-15/h7-8,10H,3-6H2,1-2H3,(H,18,19). The van der Waals surface area contributed by atoms with Crippen molar-refractivity contribution < 1.29 is 14.7 Å². The van der Waals surface area contributed by atoms with Crippen LogP contribution in [0, 0.1) is 5.41 Å². The molecule has 0 aliphatic carbocycles. The summed E-state index contributed by atoms with van der Waals surface area (Å²) in [6.45, 7) is 4.29. The van der Waals surface area contributed by atoms with Crippen LogP contribution in [0.1, 0.15) is 26.7 Å². The third kappa shape index (κ3) is 2.74. The summed E-state index contributed by atoms with van der Waals surface area (Å²) in [6, 6.07) is -0.780. The van der Waals surface area contributed by atoms with Crippen LogP contribution in [0.2, 0.25) is 0 Å². The first-order chi connectivity index (χ1) is 8.92. The van der Waals surface area contributed by atoms with E-state index in [1.807, 2.05) is 13.8 Å². The molecular weight excluding hydrogens is 248 g/mol. The van der Waals surface area contributed by atoms with Crippen LogP contribution in [0.25, 0.3) is 0 Å². The van der Waals surface area contributed by atoms with Crippen LogP contribution in [0.4, 0.5) is 0 Å². The normalized spacial score (nSPS) is 22.2. The molecule has 1 N–H and O–H groups in total. The van der Waals surface area contributed by atoms with Gasteiger partial charge in [0, 0.05) is 6.54 Å². The number of carbonyl (C=O) groups excluding carboxylic acids is 1. The highest BCUT2D eigenvalue weighted by molar-refractivity contribution is 5.84. The molecule has 0 radical (unpaired) electrons. The van der Waals surface area contributed by atoms with Gasteiger partial charge in [0.25, 0.3) is 0 Å². The fourth-order valence-electron chi connectivity index (χ4n) is 2.67. The van der Waals surface area contributed by atoms with Gasteiger partial charge in [-0.15, -0.1) is 0 Å². The Morgan fingerprint density at radius 1 is 1.47 bits per heavy atom. The largest absolute Gasteiger partial charge is 0.480 e. The predicted molar refractivity (Wildman–Crippen MR) is 66.2 cm³/mol. The molecule has 1 aromatic heterocycles. The highest BCUT2D eigenvalue weighted by Gasteiger charge is 2.44. The first kappa shape index (κ1) is 13.5. The lowest BCUT2D eigenvalue weighted by Crippen LogP contribution is -2.57. The van der Waals surface area contributed by atoms with Gasteiger partial charge in [0.2, 0.25) is 5.91 Å². The Kier molecular flexibility index (Phi) is 3.55. The number of carboxylic acid groups (broad SMARTS) is 1. The van der Waals surface area contributed by atoms with Gasteiger partial charge in [-0.1, -0.05) is 13.8 Å². The van der Waals surface area contributed by atoms with Crippen LogP contribution in [0.15, 0.2) is 12.7 Å². The molecule has 1 aliphatic heterocycles. The zero-order valence-corrected chi connectivity index (χ0v) is 11.1. The van der Waals surface area contributed by atoms with Crippen molar-refractivity contribution in [3.63, 3.8) is 0 Å². The molecule has 19 heavy (non-hydrogen) atoms. The van der Waals surface area contributed by atoms with Gasteiger partial charge in [-0.2, -0.15) is 5.10 Å². The Labute approximate surface area is 111 Å². The van der Waals surface area contributed by atoms with Crippen molar-refractivity contribution in [3.8, 4) is 0 Å². The first-order valence-electron chi connectivity index (χ1n) is 6.26. The maximum atomic E-state index is 12.2. The number of rotatable bonds is 3. The lowest BCUT2D eigenvalue weighted by atomic mass is 9.76. The number of piperidine rings is 1. The molecule has 1 saturated heterocycles. The average molecular weight is 266 g/mol. The third-order valence-corrected chi connectivity index (χ3v) is 3.59. The van der Waals surface area contributed by atoms with E-state index in [4.69, 9.17) is 0 Å². The summed E-state index contributed by atoms with van der Waals surface area (Å²) in [5.41, 5.74) is -0.415. The quantitative estimate of drug-likeness (QED) is 0.854. The van der Waals surface area contributed by atoms with Crippen molar-refractivity contribution in [3.05, 3.63) is 12.7 Å². The number of carboxylic acids is 1. The second-order valence-corrected chi connectivity index (χ2v) is 5.51. The van der Waals surface area contributed by atoms with E-state index in [2.05, 4.69) is 10.1 Å². The molecule has 2 heterocycles. The van der Waals surface area contributed by atoms with Gasteiger partial charge < -0.3 is 10.0 Å². The highest BCUT2D eigenvalue weighted by Crippen LogP contribution is 2.35. The van der Waals surface area contributed by atoms with E-state index in [9.17, 15) is 14.7 Å². The summed E-state index contributed by atoms with van der Waals surface area (Å²) in [5.74, 6) is -1.18. The van der Waals surface area contributed by atoms with Gasteiger partial charge in [0.1, 0.15) is 25.2 Å². The maximum Gasteiger partial charge on any atom is 0.326 e. The monoisotopic (exact) mass is 266 g/mol. The van der Waals surface area contributed by atoms with E-state index in [1.165, 1.54) is 22.2 Å². The van der Waals surface area contributed by atoms with Gasteiger partial charge in [-0.05, 0) is 18.3 Å². The minimum atomic E-state index is -0.948. The molecule has 0 spiro atoms. The minimum Gasteiger partial charge on any atom is -0.480 e. The first-order valence-corrected chi connectivity index (χ1v) is 6.26. The molecule has 1 fully saturated rings. The van der Waals surface area contributed by atoms with Crippen LogP contribution in [0.3, 0.4) is 0 Å². The molecule has 7 heteroatoms. The molecule has 1 aliphatic rings. The maximum absolute atomic E-state index is 12.2. The van der Waals surface area contributed by atoms with Crippen LogP contribution < -0.4 is 0 Å². The molecule has 7 nitrogen and oxygen atoms in total. The molecule has 1 unspecified atom stereocenters. The van der Waals surface area contributed by atoms with Gasteiger partial charge >= 0.3 is 5.97 Å². The number of aromatic nitrogens is 3. The zero-order chi connectivity index (χ0) is 14.0. The number of hydrogen-bond donors (Lipinski definition) is 1. The Morgan fingerprint density at radius 3 is 2.79 bits per heavy atom. The van der Waals surface area contributed by atoms with Gasteiger partial charge in [0.15, 0.2) is 0 Å². The molecule has 0 bridgehead atoms. The molecule has 104 valence electrons. The molecule has 0 saturated carbocycles. The Morgan fingerprint density at radius 2 is 2.21 bits per heavy atom. The molecule has 0 aromatic carbocycles. The lowest BCUT2D eigenvalue weighted by Gasteiger charge is -2.43. The Bertz CT molecular complexity index is 469. The second kappa shape index (κ2) is 4.99. The molecular formula is C12H18N4O3. The number of nitrogens with zero attached hydrogens (tertiary/aromatic N) is 4.